The number of aliphatic carboxylic acids is 1. The van der Waals surface area contributed by atoms with Crippen LogP contribution in [0, 0.1) is 0 Å². The fraction of sp³-hybridized carbons (Fsp3) is 0.385. The van der Waals surface area contributed by atoms with Crippen LogP contribution in [0.25, 0.3) is 0 Å². The predicted octanol–water partition coefficient (Wildman–Crippen LogP) is 2.05. The minimum absolute atomic E-state index is 0.183. The highest BCUT2D eigenvalue weighted by molar-refractivity contribution is 7.99. The molecule has 4 nitrogen and oxygen atoms in total. The zero-order valence-corrected chi connectivity index (χ0v) is 12.2. The minimum atomic E-state index is -0.929. The molecule has 1 aromatic rings. The van der Waals surface area contributed by atoms with Crippen LogP contribution in [0.4, 0.5) is 0 Å². The summed E-state index contributed by atoms with van der Waals surface area (Å²) in [5.74, 6) is 0.138. The van der Waals surface area contributed by atoms with Crippen molar-refractivity contribution in [3.8, 4) is 0 Å². The first kappa shape index (κ1) is 14.3. The summed E-state index contributed by atoms with van der Waals surface area (Å²) < 4.78 is 0. The topological polar surface area (TPSA) is 57.6 Å². The standard InChI is InChI=1S/C13H15NO3S2/c1-18-11-5-3-2-4-9(11)12(15)14-6-7-19-8-10(14)13(16)17/h2-5,10H,6-8H2,1H3,(H,16,17). The van der Waals surface area contributed by atoms with E-state index in [2.05, 4.69) is 0 Å². The minimum Gasteiger partial charge on any atom is -0.480 e. The molecule has 1 amide bonds. The number of rotatable bonds is 3. The molecule has 0 spiro atoms. The molecule has 0 bridgehead atoms. The number of hydrogen-bond acceptors (Lipinski definition) is 4. The van der Waals surface area contributed by atoms with Crippen LogP contribution >= 0.6 is 23.5 Å². The molecule has 1 aliphatic heterocycles. The molecule has 0 aliphatic carbocycles. The Hall–Kier alpha value is -1.14. The molecule has 2 rings (SSSR count). The molecule has 1 saturated heterocycles. The molecule has 1 unspecified atom stereocenters. The normalized spacial score (nSPS) is 19.2. The maximum Gasteiger partial charge on any atom is 0.327 e. The van der Waals surface area contributed by atoms with Crippen molar-refractivity contribution < 1.29 is 14.7 Å². The third-order valence-electron chi connectivity index (χ3n) is 3.01. The Morgan fingerprint density at radius 1 is 1.42 bits per heavy atom. The SMILES string of the molecule is CSc1ccccc1C(=O)N1CCSCC1C(=O)O. The third kappa shape index (κ3) is 3.06. The van der Waals surface area contributed by atoms with Crippen molar-refractivity contribution in [2.24, 2.45) is 0 Å². The first-order valence-corrected chi connectivity index (χ1v) is 8.27. The monoisotopic (exact) mass is 297 g/mol. The number of carboxylic acid groups (broad SMARTS) is 1. The lowest BCUT2D eigenvalue weighted by atomic mass is 10.1. The van der Waals surface area contributed by atoms with Crippen molar-refractivity contribution in [1.82, 2.24) is 4.90 Å². The molecule has 6 heteroatoms. The Morgan fingerprint density at radius 3 is 2.84 bits per heavy atom. The highest BCUT2D eigenvalue weighted by atomic mass is 32.2. The molecule has 1 aromatic carbocycles. The number of thioether (sulfide) groups is 2. The molecule has 1 fully saturated rings. The van der Waals surface area contributed by atoms with Gasteiger partial charge in [0, 0.05) is 22.9 Å². The lowest BCUT2D eigenvalue weighted by molar-refractivity contribution is -0.141. The number of benzene rings is 1. The third-order valence-corrected chi connectivity index (χ3v) is 4.83. The summed E-state index contributed by atoms with van der Waals surface area (Å²) in [4.78, 5) is 26.1. The van der Waals surface area contributed by atoms with Gasteiger partial charge in [0.15, 0.2) is 0 Å². The van der Waals surface area contributed by atoms with Gasteiger partial charge in [-0.3, -0.25) is 4.79 Å². The lowest BCUT2D eigenvalue weighted by Gasteiger charge is -2.33. The molecular formula is C13H15NO3S2. The van der Waals surface area contributed by atoms with E-state index in [0.29, 0.717) is 17.9 Å². The van der Waals surface area contributed by atoms with E-state index < -0.39 is 12.0 Å². The van der Waals surface area contributed by atoms with E-state index in [1.54, 1.807) is 23.9 Å². The Morgan fingerprint density at radius 2 is 2.16 bits per heavy atom. The second kappa shape index (κ2) is 6.34. The molecule has 1 heterocycles. The Kier molecular flexibility index (Phi) is 4.76. The van der Waals surface area contributed by atoms with Crippen LogP contribution in [-0.4, -0.2) is 52.2 Å². The number of carbonyl (C=O) groups excluding carboxylic acids is 1. The van der Waals surface area contributed by atoms with Crippen LogP contribution in [0.3, 0.4) is 0 Å². The Balaban J connectivity index is 2.29. The second-order valence-corrected chi connectivity index (χ2v) is 6.13. The first-order chi connectivity index (χ1) is 9.15. The summed E-state index contributed by atoms with van der Waals surface area (Å²) in [6.07, 6.45) is 1.91. The summed E-state index contributed by atoms with van der Waals surface area (Å²) in [6.45, 7) is 0.489. The molecule has 102 valence electrons. The Bertz CT molecular complexity index is 493. The highest BCUT2D eigenvalue weighted by Gasteiger charge is 2.33. The number of carboxylic acids is 1. The smallest absolute Gasteiger partial charge is 0.327 e. The maximum absolute atomic E-state index is 12.5. The fourth-order valence-corrected chi connectivity index (χ4v) is 3.66. The summed E-state index contributed by atoms with van der Waals surface area (Å²) in [7, 11) is 0. The summed E-state index contributed by atoms with van der Waals surface area (Å²) in [6, 6.07) is 6.60. The van der Waals surface area contributed by atoms with Crippen molar-refractivity contribution in [2.75, 3.05) is 24.3 Å². The van der Waals surface area contributed by atoms with E-state index in [-0.39, 0.29) is 5.91 Å². The fourth-order valence-electron chi connectivity index (χ4n) is 2.03. The van der Waals surface area contributed by atoms with Gasteiger partial charge in [0.2, 0.25) is 0 Å². The average molecular weight is 297 g/mol. The molecular weight excluding hydrogens is 282 g/mol. The maximum atomic E-state index is 12.5. The summed E-state index contributed by atoms with van der Waals surface area (Å²) in [5.41, 5.74) is 0.591. The first-order valence-electron chi connectivity index (χ1n) is 5.89. The van der Waals surface area contributed by atoms with Gasteiger partial charge in [-0.15, -0.1) is 11.8 Å². The van der Waals surface area contributed by atoms with Gasteiger partial charge in [-0.2, -0.15) is 11.8 Å². The zero-order valence-electron chi connectivity index (χ0n) is 10.5. The number of amides is 1. The predicted molar refractivity (Wildman–Crippen MR) is 78.0 cm³/mol. The van der Waals surface area contributed by atoms with Crippen LogP contribution in [0.1, 0.15) is 10.4 Å². The van der Waals surface area contributed by atoms with Crippen molar-refractivity contribution in [3.63, 3.8) is 0 Å². The van der Waals surface area contributed by atoms with Crippen LogP contribution in [0.5, 0.6) is 0 Å². The number of carbonyl (C=O) groups is 2. The van der Waals surface area contributed by atoms with E-state index in [1.807, 2.05) is 18.4 Å². The van der Waals surface area contributed by atoms with E-state index >= 15 is 0 Å². The van der Waals surface area contributed by atoms with Gasteiger partial charge >= 0.3 is 5.97 Å². The highest BCUT2D eigenvalue weighted by Crippen LogP contribution is 2.24. The quantitative estimate of drug-likeness (QED) is 0.865. The number of hydrogen-bond donors (Lipinski definition) is 1. The van der Waals surface area contributed by atoms with Gasteiger partial charge in [-0.05, 0) is 18.4 Å². The van der Waals surface area contributed by atoms with Crippen molar-refractivity contribution >= 4 is 35.4 Å². The summed E-state index contributed by atoms with van der Waals surface area (Å²) >= 11 is 3.07. The van der Waals surface area contributed by atoms with Crippen molar-refractivity contribution in [3.05, 3.63) is 29.8 Å². The lowest BCUT2D eigenvalue weighted by Crippen LogP contribution is -2.50. The Labute approximate surface area is 120 Å². The molecule has 1 N–H and O–H groups in total. The average Bonchev–Trinajstić information content (AvgIpc) is 2.46. The van der Waals surface area contributed by atoms with Gasteiger partial charge in [0.25, 0.3) is 5.91 Å². The molecule has 0 saturated carbocycles. The molecule has 0 aromatic heterocycles. The van der Waals surface area contributed by atoms with Gasteiger partial charge in [-0.1, -0.05) is 12.1 Å². The van der Waals surface area contributed by atoms with E-state index in [1.165, 1.54) is 16.7 Å². The van der Waals surface area contributed by atoms with E-state index in [0.717, 1.165) is 10.6 Å². The van der Waals surface area contributed by atoms with E-state index in [4.69, 9.17) is 0 Å². The molecule has 0 radical (unpaired) electrons. The summed E-state index contributed by atoms with van der Waals surface area (Å²) in [5, 5.41) is 9.22. The van der Waals surface area contributed by atoms with Crippen molar-refractivity contribution in [1.29, 1.82) is 0 Å². The van der Waals surface area contributed by atoms with Gasteiger partial charge < -0.3 is 10.0 Å². The van der Waals surface area contributed by atoms with E-state index in [9.17, 15) is 14.7 Å². The molecule has 19 heavy (non-hydrogen) atoms. The zero-order chi connectivity index (χ0) is 13.8. The number of nitrogens with zero attached hydrogens (tertiary/aromatic N) is 1. The van der Waals surface area contributed by atoms with Gasteiger partial charge in [0.1, 0.15) is 6.04 Å². The van der Waals surface area contributed by atoms with Gasteiger partial charge in [0.05, 0.1) is 5.56 Å². The van der Waals surface area contributed by atoms with Crippen LogP contribution in [0.2, 0.25) is 0 Å². The van der Waals surface area contributed by atoms with Crippen LogP contribution in [-0.2, 0) is 4.79 Å². The van der Waals surface area contributed by atoms with Crippen molar-refractivity contribution in [2.45, 2.75) is 10.9 Å². The molecule has 1 aliphatic rings. The largest absolute Gasteiger partial charge is 0.480 e. The van der Waals surface area contributed by atoms with Crippen LogP contribution in [0.15, 0.2) is 29.2 Å². The molecule has 1 atom stereocenters. The second-order valence-electron chi connectivity index (χ2n) is 4.13. The van der Waals surface area contributed by atoms with Gasteiger partial charge in [-0.25, -0.2) is 4.79 Å². The van der Waals surface area contributed by atoms with Crippen LogP contribution < -0.4 is 0 Å².